The highest BCUT2D eigenvalue weighted by atomic mass is 32.1. The van der Waals surface area contributed by atoms with Gasteiger partial charge < -0.3 is 10.6 Å². The second-order valence-electron chi connectivity index (χ2n) is 8.71. The molecule has 0 bridgehead atoms. The summed E-state index contributed by atoms with van der Waals surface area (Å²) in [6, 6.07) is 8.56. The standard InChI is InChI=1S/C23H23N7OS/c1-13(21-25-8-11-32-21)17-16-19(29-28-17)26-22(27-20(16)31)30-9-6-23(7-10-30)12-14-4-2-3-5-15(14)18(23)24/h2-5,8,11,18H,1,6-7,9-10,12,24H2,(H2,26,27,28,29,31)/t18-/m1/s1. The minimum absolute atomic E-state index is 0.0566. The van der Waals surface area contributed by atoms with Crippen LogP contribution < -0.4 is 16.2 Å². The highest BCUT2D eigenvalue weighted by Crippen LogP contribution is 2.50. The number of hydrogen-bond acceptors (Lipinski definition) is 7. The summed E-state index contributed by atoms with van der Waals surface area (Å²) in [5.74, 6) is 0.555. The molecule has 4 heterocycles. The van der Waals surface area contributed by atoms with Gasteiger partial charge in [-0.05, 0) is 35.8 Å². The Morgan fingerprint density at radius 1 is 1.28 bits per heavy atom. The molecule has 1 atom stereocenters. The molecular formula is C23H23N7OS. The van der Waals surface area contributed by atoms with E-state index in [9.17, 15) is 4.79 Å². The van der Waals surface area contributed by atoms with Crippen molar-refractivity contribution in [3.05, 3.63) is 74.6 Å². The number of aromatic amines is 2. The largest absolute Gasteiger partial charge is 0.342 e. The number of nitrogens with zero attached hydrogens (tertiary/aromatic N) is 4. The van der Waals surface area contributed by atoms with Crippen LogP contribution in [-0.2, 0) is 6.42 Å². The van der Waals surface area contributed by atoms with E-state index < -0.39 is 0 Å². The molecule has 4 N–H and O–H groups in total. The van der Waals surface area contributed by atoms with Crippen LogP contribution in [-0.4, -0.2) is 38.2 Å². The predicted molar refractivity (Wildman–Crippen MR) is 126 cm³/mol. The lowest BCUT2D eigenvalue weighted by atomic mass is 9.73. The molecule has 0 unspecified atom stereocenters. The molecule has 3 aromatic heterocycles. The summed E-state index contributed by atoms with van der Waals surface area (Å²) in [5.41, 5.74) is 10.8. The summed E-state index contributed by atoms with van der Waals surface area (Å²) in [5, 5.41) is 10.2. The van der Waals surface area contributed by atoms with Gasteiger partial charge in [0, 0.05) is 36.3 Å². The highest BCUT2D eigenvalue weighted by molar-refractivity contribution is 7.10. The van der Waals surface area contributed by atoms with Gasteiger partial charge in [0.2, 0.25) is 5.95 Å². The molecule has 0 saturated carbocycles. The Morgan fingerprint density at radius 3 is 2.84 bits per heavy atom. The highest BCUT2D eigenvalue weighted by Gasteiger charge is 2.46. The molecule has 4 aromatic rings. The van der Waals surface area contributed by atoms with Crippen LogP contribution in [0.2, 0.25) is 0 Å². The molecule has 162 valence electrons. The average molecular weight is 446 g/mol. The van der Waals surface area contributed by atoms with E-state index in [-0.39, 0.29) is 17.0 Å². The van der Waals surface area contributed by atoms with Crippen LogP contribution in [0.15, 0.2) is 47.2 Å². The van der Waals surface area contributed by atoms with Crippen LogP contribution >= 0.6 is 11.3 Å². The number of aromatic nitrogens is 5. The van der Waals surface area contributed by atoms with Crippen molar-refractivity contribution in [1.82, 2.24) is 25.1 Å². The predicted octanol–water partition coefficient (Wildman–Crippen LogP) is 3.01. The summed E-state index contributed by atoms with van der Waals surface area (Å²) in [4.78, 5) is 27.0. The molecule has 8 nitrogen and oxygen atoms in total. The summed E-state index contributed by atoms with van der Waals surface area (Å²) < 4.78 is 0. The van der Waals surface area contributed by atoms with Crippen LogP contribution in [0.1, 0.15) is 40.7 Å². The first-order valence-electron chi connectivity index (χ1n) is 10.7. The lowest BCUT2D eigenvalue weighted by Gasteiger charge is -2.42. The number of H-pyrrole nitrogens is 2. The van der Waals surface area contributed by atoms with Crippen LogP contribution in [0.25, 0.3) is 16.6 Å². The Balaban J connectivity index is 1.26. The SMILES string of the molecule is C=C(c1nccs1)c1[nH]nc2nc(N3CCC4(CC3)Cc3ccccc3[C@H]4N)[nH]c(=O)c12. The normalized spacial score (nSPS) is 19.5. The molecule has 32 heavy (non-hydrogen) atoms. The van der Waals surface area contributed by atoms with Gasteiger partial charge in [0.15, 0.2) is 5.65 Å². The quantitative estimate of drug-likeness (QED) is 0.446. The summed E-state index contributed by atoms with van der Waals surface area (Å²) in [6.45, 7) is 5.66. The molecule has 1 saturated heterocycles. The zero-order valence-electron chi connectivity index (χ0n) is 17.5. The monoisotopic (exact) mass is 445 g/mol. The number of fused-ring (bicyclic) bond motifs is 2. The van der Waals surface area contributed by atoms with Gasteiger partial charge in [-0.15, -0.1) is 11.3 Å². The molecule has 2 aliphatic rings. The van der Waals surface area contributed by atoms with Gasteiger partial charge in [0.1, 0.15) is 10.4 Å². The van der Waals surface area contributed by atoms with Crippen molar-refractivity contribution in [2.75, 3.05) is 18.0 Å². The van der Waals surface area contributed by atoms with Gasteiger partial charge >= 0.3 is 0 Å². The third-order valence-electron chi connectivity index (χ3n) is 7.05. The molecule has 1 spiro atoms. The van der Waals surface area contributed by atoms with Crippen molar-refractivity contribution in [2.24, 2.45) is 11.1 Å². The maximum Gasteiger partial charge on any atom is 0.264 e. The smallest absolute Gasteiger partial charge is 0.264 e. The molecule has 6 rings (SSSR count). The Hall–Kier alpha value is -3.30. The average Bonchev–Trinajstić information content (AvgIpc) is 3.54. The van der Waals surface area contributed by atoms with Crippen LogP contribution in [0, 0.1) is 5.41 Å². The second kappa shape index (κ2) is 7.11. The number of anilines is 1. The van der Waals surface area contributed by atoms with Crippen LogP contribution in [0.4, 0.5) is 5.95 Å². The number of benzene rings is 1. The Morgan fingerprint density at radius 2 is 2.09 bits per heavy atom. The zero-order valence-corrected chi connectivity index (χ0v) is 18.3. The number of hydrogen-bond donors (Lipinski definition) is 3. The van der Waals surface area contributed by atoms with Gasteiger partial charge in [-0.25, -0.2) is 4.98 Å². The molecule has 1 aliphatic carbocycles. The van der Waals surface area contributed by atoms with E-state index in [0.29, 0.717) is 28.2 Å². The first-order valence-corrected chi connectivity index (χ1v) is 11.6. The van der Waals surface area contributed by atoms with Crippen LogP contribution in [0.3, 0.4) is 0 Å². The first kappa shape index (κ1) is 19.4. The number of nitrogens with two attached hydrogens (primary N) is 1. The van der Waals surface area contributed by atoms with E-state index in [1.165, 1.54) is 22.5 Å². The molecule has 0 amide bonds. The minimum Gasteiger partial charge on any atom is -0.342 e. The number of thiazole rings is 1. The Kier molecular flexibility index (Phi) is 4.31. The third-order valence-corrected chi connectivity index (χ3v) is 7.89. The minimum atomic E-state index is -0.225. The van der Waals surface area contributed by atoms with Gasteiger partial charge in [-0.2, -0.15) is 10.1 Å². The number of rotatable bonds is 3. The fourth-order valence-electron chi connectivity index (χ4n) is 5.24. The van der Waals surface area contributed by atoms with E-state index in [2.05, 4.69) is 60.9 Å². The zero-order chi connectivity index (χ0) is 21.9. The fraction of sp³-hybridized carbons (Fsp3) is 0.304. The van der Waals surface area contributed by atoms with Crippen molar-refractivity contribution < 1.29 is 0 Å². The summed E-state index contributed by atoms with van der Waals surface area (Å²) >= 11 is 1.46. The second-order valence-corrected chi connectivity index (χ2v) is 9.60. The lowest BCUT2D eigenvalue weighted by molar-refractivity contribution is 0.187. The molecular weight excluding hydrogens is 422 g/mol. The molecule has 1 aromatic carbocycles. The summed E-state index contributed by atoms with van der Waals surface area (Å²) in [6.07, 6.45) is 4.64. The Bertz CT molecular complexity index is 1380. The first-order chi connectivity index (χ1) is 15.6. The fourth-order valence-corrected chi connectivity index (χ4v) is 5.85. The maximum atomic E-state index is 13.0. The molecule has 9 heteroatoms. The van der Waals surface area contributed by atoms with Crippen molar-refractivity contribution in [3.8, 4) is 0 Å². The van der Waals surface area contributed by atoms with Gasteiger partial charge in [0.25, 0.3) is 5.56 Å². The van der Waals surface area contributed by atoms with Crippen molar-refractivity contribution >= 4 is 33.9 Å². The number of nitrogens with one attached hydrogen (secondary N) is 2. The maximum absolute atomic E-state index is 13.0. The van der Waals surface area contributed by atoms with Gasteiger partial charge in [0.05, 0.1) is 5.69 Å². The van der Waals surface area contributed by atoms with Crippen LogP contribution in [0.5, 0.6) is 0 Å². The summed E-state index contributed by atoms with van der Waals surface area (Å²) in [7, 11) is 0. The molecule has 1 fully saturated rings. The van der Waals surface area contributed by atoms with Gasteiger partial charge in [-0.1, -0.05) is 30.8 Å². The van der Waals surface area contributed by atoms with E-state index in [4.69, 9.17) is 5.73 Å². The van der Waals surface area contributed by atoms with Crippen molar-refractivity contribution in [1.29, 1.82) is 0 Å². The molecule has 0 radical (unpaired) electrons. The molecule has 1 aliphatic heterocycles. The Labute approximate surface area is 188 Å². The van der Waals surface area contributed by atoms with E-state index >= 15 is 0 Å². The van der Waals surface area contributed by atoms with Crippen molar-refractivity contribution in [2.45, 2.75) is 25.3 Å². The van der Waals surface area contributed by atoms with E-state index in [0.717, 1.165) is 37.4 Å². The topological polar surface area (TPSA) is 117 Å². The number of piperidine rings is 1. The van der Waals surface area contributed by atoms with E-state index in [1.807, 2.05) is 5.38 Å². The van der Waals surface area contributed by atoms with E-state index in [1.54, 1.807) is 6.20 Å². The van der Waals surface area contributed by atoms with Crippen molar-refractivity contribution in [3.63, 3.8) is 0 Å². The lowest BCUT2D eigenvalue weighted by Crippen LogP contribution is -2.45. The van der Waals surface area contributed by atoms with Gasteiger partial charge in [-0.3, -0.25) is 14.9 Å². The third kappa shape index (κ3) is 2.85.